The first-order chi connectivity index (χ1) is 8.67. The van der Waals surface area contributed by atoms with Crippen molar-refractivity contribution in [1.29, 1.82) is 0 Å². The zero-order valence-electron chi connectivity index (χ0n) is 11.7. The highest BCUT2D eigenvalue weighted by molar-refractivity contribution is 8.00. The molecule has 1 aliphatic heterocycles. The quantitative estimate of drug-likeness (QED) is 0.852. The van der Waals surface area contributed by atoms with E-state index in [0.717, 1.165) is 25.4 Å². The molecule has 0 aromatic heterocycles. The second kappa shape index (κ2) is 6.29. The van der Waals surface area contributed by atoms with Gasteiger partial charge in [-0.05, 0) is 19.9 Å². The summed E-state index contributed by atoms with van der Waals surface area (Å²) in [6, 6.07) is 0. The van der Waals surface area contributed by atoms with Crippen molar-refractivity contribution in [2.24, 2.45) is 5.92 Å². The average molecular weight is 270 g/mol. The molecule has 1 unspecified atom stereocenters. The van der Waals surface area contributed by atoms with Crippen LogP contribution in [0.1, 0.15) is 39.0 Å². The van der Waals surface area contributed by atoms with Gasteiger partial charge in [0, 0.05) is 36.1 Å². The third-order valence-electron chi connectivity index (χ3n) is 4.26. The zero-order valence-corrected chi connectivity index (χ0v) is 12.5. The Hall–Kier alpha value is -0.220. The molecule has 0 bridgehead atoms. The number of carbonyl (C=O) groups excluding carboxylic acids is 1. The van der Waals surface area contributed by atoms with E-state index in [1.54, 1.807) is 0 Å². The molecule has 3 nitrogen and oxygen atoms in total. The van der Waals surface area contributed by atoms with Crippen LogP contribution in [0, 0.1) is 5.92 Å². The van der Waals surface area contributed by atoms with Crippen LogP contribution in [-0.4, -0.2) is 48.0 Å². The van der Waals surface area contributed by atoms with Crippen LogP contribution in [0.15, 0.2) is 0 Å². The minimum atomic E-state index is 0.110. The number of hydrogen-bond donors (Lipinski definition) is 1. The molecule has 104 valence electrons. The maximum Gasteiger partial charge on any atom is 0.226 e. The van der Waals surface area contributed by atoms with Gasteiger partial charge in [0.05, 0.1) is 0 Å². The van der Waals surface area contributed by atoms with Crippen molar-refractivity contribution in [2.75, 3.05) is 32.4 Å². The van der Waals surface area contributed by atoms with Gasteiger partial charge in [-0.25, -0.2) is 0 Å². The first-order valence-electron chi connectivity index (χ1n) is 7.24. The number of nitrogens with zero attached hydrogens (tertiary/aromatic N) is 1. The van der Waals surface area contributed by atoms with Gasteiger partial charge in [-0.15, -0.1) is 0 Å². The van der Waals surface area contributed by atoms with Crippen molar-refractivity contribution in [3.05, 3.63) is 0 Å². The van der Waals surface area contributed by atoms with E-state index < -0.39 is 0 Å². The molecule has 0 aromatic rings. The van der Waals surface area contributed by atoms with Crippen LogP contribution in [-0.2, 0) is 4.79 Å². The summed E-state index contributed by atoms with van der Waals surface area (Å²) in [6.45, 7) is 4.76. The SMILES string of the molecule is CNCC(C)C(=O)N1CCSC2(CCCCC2)C1. The molecule has 2 rings (SSSR count). The molecule has 1 spiro atoms. The molecule has 1 heterocycles. The summed E-state index contributed by atoms with van der Waals surface area (Å²) in [5.74, 6) is 1.58. The summed E-state index contributed by atoms with van der Waals surface area (Å²) in [7, 11) is 1.92. The highest BCUT2D eigenvalue weighted by Gasteiger charge is 2.39. The number of amides is 1. The normalized spacial score (nSPS) is 25.1. The van der Waals surface area contributed by atoms with Gasteiger partial charge < -0.3 is 10.2 Å². The van der Waals surface area contributed by atoms with Crippen molar-refractivity contribution >= 4 is 17.7 Å². The Balaban J connectivity index is 1.95. The molecular weight excluding hydrogens is 244 g/mol. The standard InChI is InChI=1S/C14H26N2OS/c1-12(10-15-2)13(17)16-8-9-18-14(11-16)6-4-3-5-7-14/h12,15H,3-11H2,1-2H3. The molecule has 1 amide bonds. The number of carbonyl (C=O) groups is 1. The predicted molar refractivity (Wildman–Crippen MR) is 77.9 cm³/mol. The van der Waals surface area contributed by atoms with E-state index >= 15 is 0 Å². The Kier molecular flexibility index (Phi) is 4.96. The second-order valence-corrected chi connectivity index (χ2v) is 7.37. The van der Waals surface area contributed by atoms with E-state index in [1.165, 1.54) is 32.1 Å². The molecule has 1 atom stereocenters. The van der Waals surface area contributed by atoms with Gasteiger partial charge in [-0.3, -0.25) is 4.79 Å². The van der Waals surface area contributed by atoms with E-state index in [4.69, 9.17) is 0 Å². The van der Waals surface area contributed by atoms with E-state index in [0.29, 0.717) is 10.7 Å². The molecule has 1 aliphatic carbocycles. The van der Waals surface area contributed by atoms with Crippen LogP contribution in [0.3, 0.4) is 0 Å². The fourth-order valence-corrected chi connectivity index (χ4v) is 4.81. The maximum atomic E-state index is 12.4. The Morgan fingerprint density at radius 1 is 1.39 bits per heavy atom. The fraction of sp³-hybridized carbons (Fsp3) is 0.929. The van der Waals surface area contributed by atoms with Crippen LogP contribution < -0.4 is 5.32 Å². The molecule has 1 saturated heterocycles. The Bertz CT molecular complexity index is 284. The van der Waals surface area contributed by atoms with Gasteiger partial charge in [0.25, 0.3) is 0 Å². The first kappa shape index (κ1) is 14.2. The van der Waals surface area contributed by atoms with Crippen LogP contribution in [0.4, 0.5) is 0 Å². The Morgan fingerprint density at radius 2 is 2.11 bits per heavy atom. The van der Waals surface area contributed by atoms with Crippen LogP contribution in [0.5, 0.6) is 0 Å². The van der Waals surface area contributed by atoms with Gasteiger partial charge >= 0.3 is 0 Å². The average Bonchev–Trinajstić information content (AvgIpc) is 2.39. The van der Waals surface area contributed by atoms with Gasteiger partial charge in [0.15, 0.2) is 0 Å². The van der Waals surface area contributed by atoms with Crippen molar-refractivity contribution in [2.45, 2.75) is 43.8 Å². The molecule has 18 heavy (non-hydrogen) atoms. The van der Waals surface area contributed by atoms with Crippen LogP contribution >= 0.6 is 11.8 Å². The van der Waals surface area contributed by atoms with Gasteiger partial charge in [0.2, 0.25) is 5.91 Å². The largest absolute Gasteiger partial charge is 0.340 e. The maximum absolute atomic E-state index is 12.4. The smallest absolute Gasteiger partial charge is 0.226 e. The van der Waals surface area contributed by atoms with Crippen molar-refractivity contribution in [1.82, 2.24) is 10.2 Å². The third kappa shape index (κ3) is 3.21. The molecule has 0 radical (unpaired) electrons. The van der Waals surface area contributed by atoms with Crippen molar-refractivity contribution in [3.63, 3.8) is 0 Å². The lowest BCUT2D eigenvalue weighted by Crippen LogP contribution is -2.51. The lowest BCUT2D eigenvalue weighted by Gasteiger charge is -2.45. The molecule has 0 aromatic carbocycles. The lowest BCUT2D eigenvalue weighted by molar-refractivity contribution is -0.135. The highest BCUT2D eigenvalue weighted by atomic mass is 32.2. The Morgan fingerprint density at radius 3 is 2.78 bits per heavy atom. The molecule has 1 saturated carbocycles. The second-order valence-electron chi connectivity index (χ2n) is 5.81. The van der Waals surface area contributed by atoms with E-state index in [1.807, 2.05) is 14.0 Å². The third-order valence-corrected chi connectivity index (χ3v) is 5.79. The van der Waals surface area contributed by atoms with Crippen molar-refractivity contribution in [3.8, 4) is 0 Å². The monoisotopic (exact) mass is 270 g/mol. The number of hydrogen-bond acceptors (Lipinski definition) is 3. The summed E-state index contributed by atoms with van der Waals surface area (Å²) >= 11 is 2.12. The molecule has 2 aliphatic rings. The summed E-state index contributed by atoms with van der Waals surface area (Å²) in [6.07, 6.45) is 6.69. The zero-order chi connectivity index (χ0) is 13.0. The fourth-order valence-electron chi connectivity index (χ4n) is 3.24. The predicted octanol–water partition coefficient (Wildman–Crippen LogP) is 2.12. The van der Waals surface area contributed by atoms with Gasteiger partial charge in [0.1, 0.15) is 0 Å². The number of thioether (sulfide) groups is 1. The van der Waals surface area contributed by atoms with E-state index in [2.05, 4.69) is 22.0 Å². The minimum absolute atomic E-state index is 0.110. The Labute approximate surface area is 115 Å². The lowest BCUT2D eigenvalue weighted by atomic mass is 9.87. The first-order valence-corrected chi connectivity index (χ1v) is 8.23. The number of rotatable bonds is 3. The van der Waals surface area contributed by atoms with Crippen LogP contribution in [0.25, 0.3) is 0 Å². The van der Waals surface area contributed by atoms with Crippen LogP contribution in [0.2, 0.25) is 0 Å². The van der Waals surface area contributed by atoms with Gasteiger partial charge in [-0.2, -0.15) is 11.8 Å². The highest BCUT2D eigenvalue weighted by Crippen LogP contribution is 2.42. The molecule has 2 fully saturated rings. The van der Waals surface area contributed by atoms with Crippen molar-refractivity contribution < 1.29 is 4.79 Å². The summed E-state index contributed by atoms with van der Waals surface area (Å²) < 4.78 is 0.394. The summed E-state index contributed by atoms with van der Waals surface area (Å²) in [5, 5.41) is 3.11. The molecular formula is C14H26N2OS. The molecule has 1 N–H and O–H groups in total. The van der Waals surface area contributed by atoms with Gasteiger partial charge in [-0.1, -0.05) is 26.2 Å². The van der Waals surface area contributed by atoms with E-state index in [-0.39, 0.29) is 5.92 Å². The number of nitrogens with one attached hydrogen (secondary N) is 1. The van der Waals surface area contributed by atoms with E-state index in [9.17, 15) is 4.79 Å². The summed E-state index contributed by atoms with van der Waals surface area (Å²) in [5.41, 5.74) is 0. The molecule has 4 heteroatoms. The minimum Gasteiger partial charge on any atom is -0.340 e. The summed E-state index contributed by atoms with van der Waals surface area (Å²) in [4.78, 5) is 14.5. The topological polar surface area (TPSA) is 32.3 Å².